The van der Waals surface area contributed by atoms with E-state index >= 15 is 4.39 Å². The van der Waals surface area contributed by atoms with Crippen molar-refractivity contribution in [3.8, 4) is 33.8 Å². The van der Waals surface area contributed by atoms with E-state index in [0.29, 0.717) is 72.7 Å². The number of benzene rings is 2. The summed E-state index contributed by atoms with van der Waals surface area (Å²) in [5.41, 5.74) is 5.55. The predicted octanol–water partition coefficient (Wildman–Crippen LogP) is 10.7. The second kappa shape index (κ2) is 21.8. The lowest BCUT2D eigenvalue weighted by Gasteiger charge is -2.25. The van der Waals surface area contributed by atoms with E-state index in [9.17, 15) is 26.0 Å². The highest BCUT2D eigenvalue weighted by Gasteiger charge is 2.40. The SMILES string of the molecule is Cc1cc(Cl)cc(-c2ccnc3cc(CN4CCCCS4(=O)=O)sc23)c1O[C@@H]1CN(C(=O)OC(C)(C)C)C[C@@H]1F.Cc1cc(Cl)cc(-c2ccnc3cc(CN4CCCCS4(=O)=O)sc23)c1O[C@@H]1CNC[C@@H]1F. The maximum atomic E-state index is 15.1. The molecule has 4 aliphatic rings. The number of carbonyl (C=O) groups is 1. The highest BCUT2D eigenvalue weighted by Crippen LogP contribution is 2.44. The van der Waals surface area contributed by atoms with Gasteiger partial charge in [-0.25, -0.2) is 30.4 Å². The number of aryl methyl sites for hydroxylation is 2. The summed E-state index contributed by atoms with van der Waals surface area (Å²) < 4.78 is 102. The fourth-order valence-corrected chi connectivity index (χ4v) is 15.6. The molecule has 10 rings (SSSR count). The van der Waals surface area contributed by atoms with Crippen molar-refractivity contribution >= 4 is 92.4 Å². The minimum atomic E-state index is -3.27. The van der Waals surface area contributed by atoms with E-state index in [1.54, 1.807) is 49.6 Å². The molecule has 0 unspecified atom stereocenters. The van der Waals surface area contributed by atoms with Crippen molar-refractivity contribution in [2.45, 2.75) is 104 Å². The molecule has 14 nitrogen and oxygen atoms in total. The van der Waals surface area contributed by atoms with Crippen LogP contribution in [0.2, 0.25) is 10.0 Å². The largest absolute Gasteiger partial charge is 0.485 e. The number of rotatable bonds is 10. The van der Waals surface area contributed by atoms with Crippen LogP contribution in [0.4, 0.5) is 13.6 Å². The Morgan fingerprint density at radius 1 is 0.699 bits per heavy atom. The number of alkyl halides is 2. The Balaban J connectivity index is 0.000000183. The van der Waals surface area contributed by atoms with Gasteiger partial charge >= 0.3 is 6.09 Å². The number of pyridine rings is 2. The van der Waals surface area contributed by atoms with Crippen molar-refractivity contribution in [3.63, 3.8) is 0 Å². The summed E-state index contributed by atoms with van der Waals surface area (Å²) in [6.45, 7) is 11.4. The van der Waals surface area contributed by atoms with Crippen molar-refractivity contribution in [3.05, 3.63) is 91.9 Å². The van der Waals surface area contributed by atoms with Gasteiger partial charge in [-0.05, 0) is 120 Å². The van der Waals surface area contributed by atoms with E-state index in [4.69, 9.17) is 37.4 Å². The molecule has 4 saturated heterocycles. The number of likely N-dealkylation sites (tertiary alicyclic amines) is 1. The maximum absolute atomic E-state index is 15.1. The average Bonchev–Trinajstić information content (AvgIpc) is 4.12. The Hall–Kier alpha value is -4.25. The van der Waals surface area contributed by atoms with Crippen molar-refractivity contribution in [1.29, 1.82) is 0 Å². The molecule has 1 N–H and O–H groups in total. The van der Waals surface area contributed by atoms with Gasteiger partial charge < -0.3 is 24.4 Å². The van der Waals surface area contributed by atoms with Gasteiger partial charge in [-0.3, -0.25) is 9.97 Å². The zero-order valence-electron chi connectivity index (χ0n) is 41.1. The van der Waals surface area contributed by atoms with Gasteiger partial charge in [-0.1, -0.05) is 23.2 Å². The van der Waals surface area contributed by atoms with E-state index in [-0.39, 0.29) is 31.1 Å². The molecule has 0 saturated carbocycles. The first-order valence-corrected chi connectivity index (χ1v) is 29.8. The number of nitrogens with zero attached hydrogens (tertiary/aromatic N) is 5. The number of sulfonamides is 2. The zero-order chi connectivity index (χ0) is 52.0. The highest BCUT2D eigenvalue weighted by molar-refractivity contribution is 7.89. The molecule has 0 spiro atoms. The van der Waals surface area contributed by atoms with Gasteiger partial charge in [-0.15, -0.1) is 22.7 Å². The fourth-order valence-electron chi connectivity index (χ4n) is 9.47. The number of thiophene rings is 2. The summed E-state index contributed by atoms with van der Waals surface area (Å²) in [6, 6.07) is 14.8. The molecule has 4 fully saturated rings. The molecule has 2 aromatic carbocycles. The van der Waals surface area contributed by atoms with Crippen LogP contribution in [0, 0.1) is 13.8 Å². The van der Waals surface area contributed by atoms with Gasteiger partial charge in [-0.2, -0.15) is 8.61 Å². The first kappa shape index (κ1) is 53.6. The summed E-state index contributed by atoms with van der Waals surface area (Å²) in [5, 5.41) is 4.09. The van der Waals surface area contributed by atoms with Gasteiger partial charge in [0.1, 0.15) is 29.3 Å². The second-order valence-electron chi connectivity index (χ2n) is 19.9. The van der Waals surface area contributed by atoms with Crippen LogP contribution in [-0.4, -0.2) is 127 Å². The van der Waals surface area contributed by atoms with Crippen LogP contribution in [0.15, 0.2) is 60.9 Å². The van der Waals surface area contributed by atoms with Gasteiger partial charge in [0.15, 0.2) is 12.3 Å². The number of hydrogen-bond acceptors (Lipinski definition) is 13. The van der Waals surface area contributed by atoms with Gasteiger partial charge in [0.2, 0.25) is 20.0 Å². The van der Waals surface area contributed by atoms with E-state index in [1.165, 1.54) is 31.9 Å². The Bertz CT molecular complexity index is 3260. The number of hydrogen-bond donors (Lipinski definition) is 1. The smallest absolute Gasteiger partial charge is 0.410 e. The van der Waals surface area contributed by atoms with Crippen molar-refractivity contribution < 1.29 is 44.6 Å². The zero-order valence-corrected chi connectivity index (χ0v) is 45.9. The molecule has 8 heterocycles. The molecule has 1 amide bonds. The average molecular weight is 1120 g/mol. The normalized spacial score (nSPS) is 22.3. The number of halogens is 4. The molecule has 73 heavy (non-hydrogen) atoms. The van der Waals surface area contributed by atoms with Crippen LogP contribution in [0.1, 0.15) is 67.3 Å². The summed E-state index contributed by atoms with van der Waals surface area (Å²) in [7, 11) is -6.49. The number of nitrogens with one attached hydrogen (secondary N) is 1. The molecule has 0 bridgehead atoms. The molecule has 392 valence electrons. The molecule has 4 atom stereocenters. The number of aromatic nitrogens is 2. The molecular formula is C51H58Cl2F2N6O8S4. The van der Waals surface area contributed by atoms with Crippen LogP contribution < -0.4 is 14.8 Å². The summed E-state index contributed by atoms with van der Waals surface area (Å²) in [5.74, 6) is 1.46. The monoisotopic (exact) mass is 1120 g/mol. The maximum Gasteiger partial charge on any atom is 0.410 e. The number of carbonyl (C=O) groups excluding carboxylic acids is 1. The highest BCUT2D eigenvalue weighted by atomic mass is 35.5. The first-order chi connectivity index (χ1) is 34.6. The summed E-state index contributed by atoms with van der Waals surface area (Å²) in [4.78, 5) is 24.7. The van der Waals surface area contributed by atoms with Crippen LogP contribution in [0.3, 0.4) is 0 Å². The lowest BCUT2D eigenvalue weighted by Crippen LogP contribution is -2.36. The molecule has 0 radical (unpaired) electrons. The minimum absolute atomic E-state index is 0.0524. The number of ether oxygens (including phenoxy) is 3. The van der Waals surface area contributed by atoms with E-state index in [0.717, 1.165) is 70.8 Å². The second-order valence-corrected chi connectivity index (χ2v) is 27.2. The molecule has 4 aromatic heterocycles. The predicted molar refractivity (Wildman–Crippen MR) is 286 cm³/mol. The summed E-state index contributed by atoms with van der Waals surface area (Å²) in [6.07, 6.45) is 2.03. The number of fused-ring (bicyclic) bond motifs is 2. The van der Waals surface area contributed by atoms with Gasteiger partial charge in [0, 0.05) is 93.7 Å². The third kappa shape index (κ3) is 12.2. The third-order valence-corrected chi connectivity index (χ3v) is 19.6. The third-order valence-electron chi connectivity index (χ3n) is 13.0. The van der Waals surface area contributed by atoms with Crippen molar-refractivity contribution in [2.24, 2.45) is 0 Å². The Labute approximate surface area is 443 Å². The van der Waals surface area contributed by atoms with Crippen molar-refractivity contribution in [2.75, 3.05) is 50.8 Å². The molecule has 0 aliphatic carbocycles. The fraction of sp³-hybridized carbons (Fsp3) is 0.471. The minimum Gasteiger partial charge on any atom is -0.485 e. The molecule has 22 heteroatoms. The van der Waals surface area contributed by atoms with Crippen LogP contribution in [0.5, 0.6) is 11.5 Å². The lowest BCUT2D eigenvalue weighted by molar-refractivity contribution is 0.0273. The molecule has 4 aliphatic heterocycles. The molecular weight excluding hydrogens is 1060 g/mol. The van der Waals surface area contributed by atoms with Gasteiger partial charge in [0.05, 0.1) is 45.0 Å². The first-order valence-electron chi connectivity index (χ1n) is 24.2. The Kier molecular flexibility index (Phi) is 16.0. The standard InChI is InChI=1S/C28H33ClFN3O5S2.C23H25ClFN3O3S2/c1-17-11-18(29)12-21(25(17)37-24-16-32(15-22(24)30)27(34)38-28(2,3)4)20-7-8-31-23-13-19(39-26(20)23)14-33-9-5-6-10-40(33,35)36;1-14-8-15(24)9-18(22(14)31-21-12-26-11-19(21)25)17-4-5-27-20-10-16(32-23(17)20)13-28-6-2-3-7-33(28,29)30/h7-8,11-13,22,24H,5-6,9-10,14-16H2,1-4H3;4-5,8-10,19,21,26H,2-3,6-7,11-13H2,1H3/t22-,24+;19-,21+/m00/s1. The van der Waals surface area contributed by atoms with Crippen LogP contribution in [0.25, 0.3) is 42.7 Å². The lowest BCUT2D eigenvalue weighted by atomic mass is 10.0. The Morgan fingerprint density at radius 3 is 1.64 bits per heavy atom. The van der Waals surface area contributed by atoms with Gasteiger partial charge in [0.25, 0.3) is 0 Å². The van der Waals surface area contributed by atoms with Crippen LogP contribution >= 0.6 is 45.9 Å². The topological polar surface area (TPSA) is 161 Å². The van der Waals surface area contributed by atoms with E-state index in [1.807, 2.05) is 50.2 Å². The van der Waals surface area contributed by atoms with E-state index < -0.39 is 56.3 Å². The van der Waals surface area contributed by atoms with Crippen LogP contribution in [-0.2, 0) is 37.9 Å². The van der Waals surface area contributed by atoms with E-state index in [2.05, 4.69) is 15.3 Å². The van der Waals surface area contributed by atoms with Crippen molar-refractivity contribution in [1.82, 2.24) is 28.8 Å². The number of amides is 1. The summed E-state index contributed by atoms with van der Waals surface area (Å²) >= 11 is 15.9. The Morgan fingerprint density at radius 2 is 1.19 bits per heavy atom. The molecule has 6 aromatic rings. The quantitative estimate of drug-likeness (QED) is 0.139.